The second kappa shape index (κ2) is 10.0. The minimum Gasteiger partial charge on any atom is -0.453 e. The first-order valence-corrected chi connectivity index (χ1v) is 10.6. The summed E-state index contributed by atoms with van der Waals surface area (Å²) in [5.41, 5.74) is 1.65. The van der Waals surface area contributed by atoms with Crippen molar-refractivity contribution in [3.8, 4) is 11.1 Å². The van der Waals surface area contributed by atoms with Gasteiger partial charge < -0.3 is 20.5 Å². The number of aryl methyl sites for hydroxylation is 1. The number of rotatable bonds is 7. The molecule has 2 unspecified atom stereocenters. The quantitative estimate of drug-likeness (QED) is 0.596. The predicted molar refractivity (Wildman–Crippen MR) is 116 cm³/mol. The van der Waals surface area contributed by atoms with E-state index in [1.165, 1.54) is 13.2 Å². The fraction of sp³-hybridized carbons (Fsp3) is 0.458. The van der Waals surface area contributed by atoms with Gasteiger partial charge in [0.15, 0.2) is 0 Å². The molecule has 6 heteroatoms. The number of piperidine rings is 1. The van der Waals surface area contributed by atoms with Crippen LogP contribution in [0.1, 0.15) is 36.8 Å². The molecule has 1 heterocycles. The van der Waals surface area contributed by atoms with Crippen molar-refractivity contribution in [3.63, 3.8) is 0 Å². The van der Waals surface area contributed by atoms with Crippen LogP contribution in [0, 0.1) is 18.7 Å². The van der Waals surface area contributed by atoms with Crippen LogP contribution in [0.5, 0.6) is 0 Å². The molecule has 5 nitrogen and oxygen atoms in total. The number of carbonyl (C=O) groups excluding carboxylic acids is 1. The van der Waals surface area contributed by atoms with Gasteiger partial charge in [0.2, 0.25) is 0 Å². The Balaban J connectivity index is 1.99. The number of alkyl carbamates (subject to hydrolysis) is 1. The molecule has 1 amide bonds. The summed E-state index contributed by atoms with van der Waals surface area (Å²) in [5, 5.41) is 18.0. The van der Waals surface area contributed by atoms with E-state index in [2.05, 4.69) is 15.4 Å². The van der Waals surface area contributed by atoms with Crippen molar-refractivity contribution in [1.29, 1.82) is 0 Å². The van der Waals surface area contributed by atoms with Crippen molar-refractivity contribution in [3.05, 3.63) is 59.4 Å². The molecule has 0 aromatic heterocycles. The van der Waals surface area contributed by atoms with E-state index in [0.29, 0.717) is 37.1 Å². The molecular weight excluding hydrogens is 383 g/mol. The average Bonchev–Trinajstić information content (AvgIpc) is 2.76. The Bertz CT molecular complexity index is 867. The van der Waals surface area contributed by atoms with Crippen LogP contribution in [0.25, 0.3) is 11.1 Å². The summed E-state index contributed by atoms with van der Waals surface area (Å²) >= 11 is 0. The van der Waals surface area contributed by atoms with E-state index in [0.717, 1.165) is 30.5 Å². The van der Waals surface area contributed by atoms with Gasteiger partial charge in [0, 0.05) is 24.6 Å². The lowest BCUT2D eigenvalue weighted by Crippen LogP contribution is -2.45. The number of nitrogens with one attached hydrogen (secondary N) is 2. The van der Waals surface area contributed by atoms with Gasteiger partial charge in [-0.3, -0.25) is 0 Å². The smallest absolute Gasteiger partial charge is 0.406 e. The maximum Gasteiger partial charge on any atom is 0.406 e. The highest BCUT2D eigenvalue weighted by molar-refractivity contribution is 5.70. The second-order valence-corrected chi connectivity index (χ2v) is 8.02. The molecule has 0 saturated carbocycles. The third-order valence-corrected chi connectivity index (χ3v) is 5.95. The first-order chi connectivity index (χ1) is 14.5. The van der Waals surface area contributed by atoms with Crippen molar-refractivity contribution < 1.29 is 19.0 Å². The highest BCUT2D eigenvalue weighted by Gasteiger charge is 2.40. The SMILES string of the molecule is COC(=O)NCCCC(O)(c1cccc(F)c1-c1cccc(C)c1)C1CCCNC1. The Kier molecular flexibility index (Phi) is 7.45. The molecule has 162 valence electrons. The summed E-state index contributed by atoms with van der Waals surface area (Å²) in [5.74, 6) is -0.386. The minimum atomic E-state index is -1.22. The Morgan fingerprint density at radius 1 is 1.33 bits per heavy atom. The van der Waals surface area contributed by atoms with E-state index in [9.17, 15) is 9.90 Å². The Hall–Kier alpha value is -2.44. The largest absolute Gasteiger partial charge is 0.453 e. The second-order valence-electron chi connectivity index (χ2n) is 8.02. The van der Waals surface area contributed by atoms with E-state index in [1.54, 1.807) is 6.07 Å². The summed E-state index contributed by atoms with van der Waals surface area (Å²) < 4.78 is 19.7. The number of hydrogen-bond acceptors (Lipinski definition) is 4. The monoisotopic (exact) mass is 414 g/mol. The maximum atomic E-state index is 15.1. The molecule has 2 aromatic carbocycles. The molecule has 30 heavy (non-hydrogen) atoms. The lowest BCUT2D eigenvalue weighted by atomic mass is 9.72. The van der Waals surface area contributed by atoms with E-state index in [-0.39, 0.29) is 11.7 Å². The van der Waals surface area contributed by atoms with Crippen LogP contribution < -0.4 is 10.6 Å². The lowest BCUT2D eigenvalue weighted by molar-refractivity contribution is -0.0417. The van der Waals surface area contributed by atoms with E-state index >= 15 is 4.39 Å². The lowest BCUT2D eigenvalue weighted by Gasteiger charge is -2.40. The first-order valence-electron chi connectivity index (χ1n) is 10.6. The molecule has 0 bridgehead atoms. The molecule has 1 aliphatic rings. The van der Waals surface area contributed by atoms with Crippen molar-refractivity contribution in [2.45, 2.75) is 38.2 Å². The van der Waals surface area contributed by atoms with Crippen LogP contribution in [-0.4, -0.2) is 37.9 Å². The number of amides is 1. The summed E-state index contributed by atoms with van der Waals surface area (Å²) in [6, 6.07) is 12.6. The number of hydrogen-bond donors (Lipinski definition) is 3. The van der Waals surface area contributed by atoms with Gasteiger partial charge in [0.25, 0.3) is 0 Å². The van der Waals surface area contributed by atoms with Gasteiger partial charge in [-0.1, -0.05) is 42.0 Å². The number of halogens is 1. The third-order valence-electron chi connectivity index (χ3n) is 5.95. The zero-order chi connectivity index (χ0) is 21.6. The molecule has 3 rings (SSSR count). The third kappa shape index (κ3) is 4.99. The molecule has 2 atom stereocenters. The topological polar surface area (TPSA) is 70.6 Å². The number of methoxy groups -OCH3 is 1. The fourth-order valence-corrected chi connectivity index (χ4v) is 4.42. The maximum absolute atomic E-state index is 15.1. The van der Waals surface area contributed by atoms with Crippen LogP contribution in [0.3, 0.4) is 0 Å². The molecule has 2 aromatic rings. The zero-order valence-electron chi connectivity index (χ0n) is 17.7. The molecule has 0 aliphatic carbocycles. The van der Waals surface area contributed by atoms with Crippen LogP contribution >= 0.6 is 0 Å². The first kappa shape index (κ1) is 22.2. The normalized spacial score (nSPS) is 18.5. The summed E-state index contributed by atoms with van der Waals surface area (Å²) in [4.78, 5) is 11.4. The molecule has 1 fully saturated rings. The summed E-state index contributed by atoms with van der Waals surface area (Å²) in [7, 11) is 1.32. The van der Waals surface area contributed by atoms with Gasteiger partial charge in [-0.25, -0.2) is 9.18 Å². The van der Waals surface area contributed by atoms with Crippen LogP contribution in [-0.2, 0) is 10.3 Å². The Morgan fingerprint density at radius 2 is 2.13 bits per heavy atom. The van der Waals surface area contributed by atoms with E-state index in [4.69, 9.17) is 0 Å². The van der Waals surface area contributed by atoms with Crippen LogP contribution in [0.15, 0.2) is 42.5 Å². The Morgan fingerprint density at radius 3 is 2.83 bits per heavy atom. The number of carbonyl (C=O) groups is 1. The number of ether oxygens (including phenoxy) is 1. The van der Waals surface area contributed by atoms with Gasteiger partial charge in [0.05, 0.1) is 12.7 Å². The van der Waals surface area contributed by atoms with Crippen LogP contribution in [0.2, 0.25) is 0 Å². The summed E-state index contributed by atoms with van der Waals surface area (Å²) in [6.07, 6.45) is 2.28. The number of aliphatic hydroxyl groups is 1. The van der Waals surface area contributed by atoms with Gasteiger partial charge in [-0.05, 0) is 56.3 Å². The number of benzene rings is 2. The van der Waals surface area contributed by atoms with E-state index in [1.807, 2.05) is 37.3 Å². The molecule has 0 spiro atoms. The molecule has 1 saturated heterocycles. The molecular formula is C24H31FN2O3. The predicted octanol–water partition coefficient (Wildman–Crippen LogP) is 4.12. The minimum absolute atomic E-state index is 0.0465. The Labute approximate surface area is 177 Å². The standard InChI is InChI=1S/C24H31FN2O3/c1-17-7-3-8-18(15-17)22-20(10-4-11-21(22)25)24(29,19-9-5-13-26-16-19)12-6-14-27-23(28)30-2/h3-4,7-8,10-11,15,19,26,29H,5-6,9,12-14,16H2,1-2H3,(H,27,28). The fourth-order valence-electron chi connectivity index (χ4n) is 4.42. The van der Waals surface area contributed by atoms with Gasteiger partial charge in [-0.2, -0.15) is 0 Å². The highest BCUT2D eigenvalue weighted by atomic mass is 19.1. The van der Waals surface area contributed by atoms with Crippen molar-refractivity contribution in [2.75, 3.05) is 26.7 Å². The van der Waals surface area contributed by atoms with Gasteiger partial charge in [0.1, 0.15) is 5.82 Å². The van der Waals surface area contributed by atoms with Crippen molar-refractivity contribution in [2.24, 2.45) is 5.92 Å². The van der Waals surface area contributed by atoms with Crippen molar-refractivity contribution >= 4 is 6.09 Å². The highest BCUT2D eigenvalue weighted by Crippen LogP contribution is 2.43. The van der Waals surface area contributed by atoms with E-state index < -0.39 is 11.7 Å². The summed E-state index contributed by atoms with van der Waals surface area (Å²) in [6.45, 7) is 3.94. The molecule has 3 N–H and O–H groups in total. The van der Waals surface area contributed by atoms with Gasteiger partial charge >= 0.3 is 6.09 Å². The molecule has 1 aliphatic heterocycles. The zero-order valence-corrected chi connectivity index (χ0v) is 17.7. The van der Waals surface area contributed by atoms with Crippen LogP contribution in [0.4, 0.5) is 9.18 Å². The van der Waals surface area contributed by atoms with Gasteiger partial charge in [-0.15, -0.1) is 0 Å². The average molecular weight is 415 g/mol. The van der Waals surface area contributed by atoms with Crippen molar-refractivity contribution in [1.82, 2.24) is 10.6 Å². The molecule has 0 radical (unpaired) electrons.